The van der Waals surface area contributed by atoms with Gasteiger partial charge in [-0.3, -0.25) is 4.57 Å². The molecular weight excluding hydrogens is 344 g/mol. The van der Waals surface area contributed by atoms with Gasteiger partial charge in [-0.05, 0) is 47.4 Å². The van der Waals surface area contributed by atoms with Crippen LogP contribution in [0.5, 0.6) is 5.75 Å². The lowest BCUT2D eigenvalue weighted by Gasteiger charge is -2.10. The second-order valence-electron chi connectivity index (χ2n) is 5.80. The molecule has 0 saturated heterocycles. The first-order valence-corrected chi connectivity index (χ1v) is 8.47. The third kappa shape index (κ3) is 2.71. The lowest BCUT2D eigenvalue weighted by Crippen LogP contribution is -1.98. The number of ether oxygens (including phenoxy) is 1. The van der Waals surface area contributed by atoms with E-state index in [4.69, 9.17) is 22.8 Å². The third-order valence-electron chi connectivity index (χ3n) is 4.28. The maximum absolute atomic E-state index is 6.31. The van der Waals surface area contributed by atoms with Crippen LogP contribution in [0.25, 0.3) is 27.8 Å². The Labute approximate surface area is 156 Å². The van der Waals surface area contributed by atoms with E-state index in [1.54, 1.807) is 7.11 Å². The summed E-state index contributed by atoms with van der Waals surface area (Å²) in [5, 5.41) is 0.522. The zero-order valence-electron chi connectivity index (χ0n) is 14.1. The molecule has 0 aliphatic rings. The quantitative estimate of drug-likeness (QED) is 0.462. The Morgan fingerprint density at radius 2 is 1.81 bits per heavy atom. The average molecular weight is 359 g/mol. The molecule has 1 heterocycles. The summed E-state index contributed by atoms with van der Waals surface area (Å²) in [6.45, 7) is 0. The molecule has 0 N–H and O–H groups in total. The van der Waals surface area contributed by atoms with E-state index in [1.807, 2.05) is 47.0 Å². The molecule has 0 unspecified atom stereocenters. The Morgan fingerprint density at radius 1 is 1.00 bits per heavy atom. The monoisotopic (exact) mass is 358 g/mol. The molecule has 3 aromatic carbocycles. The Balaban J connectivity index is 1.95. The molecule has 26 heavy (non-hydrogen) atoms. The van der Waals surface area contributed by atoms with Crippen molar-refractivity contribution in [2.24, 2.45) is 0 Å². The summed E-state index contributed by atoms with van der Waals surface area (Å²) in [4.78, 5) is 4.57. The molecule has 1 aromatic heterocycles. The van der Waals surface area contributed by atoms with E-state index in [-0.39, 0.29) is 0 Å². The molecule has 0 fully saturated rings. The number of benzene rings is 3. The normalized spacial score (nSPS) is 10.7. The Morgan fingerprint density at radius 3 is 2.50 bits per heavy atom. The third-order valence-corrected chi connectivity index (χ3v) is 4.58. The van der Waals surface area contributed by atoms with E-state index in [1.165, 1.54) is 0 Å². The van der Waals surface area contributed by atoms with Crippen molar-refractivity contribution in [3.63, 3.8) is 0 Å². The fourth-order valence-electron chi connectivity index (χ4n) is 3.04. The number of nitrogens with zero attached hydrogens (tertiary/aromatic N) is 2. The minimum Gasteiger partial charge on any atom is -0.495 e. The van der Waals surface area contributed by atoms with Crippen LogP contribution in [0.4, 0.5) is 0 Å². The van der Waals surface area contributed by atoms with Crippen LogP contribution in [-0.4, -0.2) is 16.7 Å². The first kappa shape index (κ1) is 16.3. The van der Waals surface area contributed by atoms with Crippen molar-refractivity contribution in [2.45, 2.75) is 0 Å². The van der Waals surface area contributed by atoms with Gasteiger partial charge in [0.05, 0.1) is 28.9 Å². The van der Waals surface area contributed by atoms with Crippen molar-refractivity contribution < 1.29 is 4.74 Å². The highest BCUT2D eigenvalue weighted by molar-refractivity contribution is 6.32. The molecule has 0 aliphatic heterocycles. The second-order valence-corrected chi connectivity index (χ2v) is 6.21. The van der Waals surface area contributed by atoms with Gasteiger partial charge in [0.1, 0.15) is 5.75 Å². The molecule has 0 radical (unpaired) electrons. The van der Waals surface area contributed by atoms with Crippen LogP contribution < -0.4 is 4.74 Å². The van der Waals surface area contributed by atoms with Crippen molar-refractivity contribution >= 4 is 22.6 Å². The van der Waals surface area contributed by atoms with Crippen LogP contribution in [0, 0.1) is 12.3 Å². The van der Waals surface area contributed by atoms with Gasteiger partial charge in [-0.25, -0.2) is 4.98 Å². The van der Waals surface area contributed by atoms with E-state index >= 15 is 0 Å². The highest BCUT2D eigenvalue weighted by Crippen LogP contribution is 2.31. The van der Waals surface area contributed by atoms with Gasteiger partial charge >= 0.3 is 0 Å². The number of imidazole rings is 1. The molecular formula is C22H15ClN2O. The van der Waals surface area contributed by atoms with Gasteiger partial charge in [0.2, 0.25) is 0 Å². The second kappa shape index (κ2) is 6.59. The topological polar surface area (TPSA) is 27.1 Å². The van der Waals surface area contributed by atoms with E-state index in [0.717, 1.165) is 27.8 Å². The summed E-state index contributed by atoms with van der Waals surface area (Å²) in [5.41, 5.74) is 4.85. The molecule has 0 saturated carbocycles. The van der Waals surface area contributed by atoms with E-state index in [0.29, 0.717) is 16.6 Å². The van der Waals surface area contributed by atoms with Crippen LogP contribution in [-0.2, 0) is 0 Å². The predicted molar refractivity (Wildman–Crippen MR) is 106 cm³/mol. The number of terminal acetylenes is 1. The Bertz CT molecular complexity index is 1140. The lowest BCUT2D eigenvalue weighted by atomic mass is 10.1. The summed E-state index contributed by atoms with van der Waals surface area (Å²) in [6.07, 6.45) is 5.70. The number of fused-ring (bicyclic) bond motifs is 1. The zero-order valence-corrected chi connectivity index (χ0v) is 14.9. The van der Waals surface area contributed by atoms with E-state index < -0.39 is 0 Å². The summed E-state index contributed by atoms with van der Waals surface area (Å²) in [6, 6.07) is 21.9. The van der Waals surface area contributed by atoms with Gasteiger partial charge in [-0.1, -0.05) is 48.0 Å². The molecule has 0 atom stereocenters. The van der Waals surface area contributed by atoms with Crippen molar-refractivity contribution in [2.75, 3.05) is 7.11 Å². The molecule has 4 rings (SSSR count). The van der Waals surface area contributed by atoms with Crippen LogP contribution in [0.2, 0.25) is 5.02 Å². The van der Waals surface area contributed by atoms with Crippen molar-refractivity contribution in [3.8, 4) is 34.9 Å². The first-order valence-electron chi connectivity index (χ1n) is 8.09. The minimum atomic E-state index is 0.522. The predicted octanol–water partition coefficient (Wildman–Crippen LogP) is 5.34. The Hall–Kier alpha value is -3.22. The van der Waals surface area contributed by atoms with Crippen LogP contribution in [0.1, 0.15) is 5.82 Å². The van der Waals surface area contributed by atoms with Crippen LogP contribution >= 0.6 is 11.6 Å². The molecule has 0 amide bonds. The maximum Gasteiger partial charge on any atom is 0.190 e. The number of hydrogen-bond donors (Lipinski definition) is 0. The molecule has 0 aliphatic carbocycles. The van der Waals surface area contributed by atoms with Crippen LogP contribution in [0.3, 0.4) is 0 Å². The van der Waals surface area contributed by atoms with E-state index in [9.17, 15) is 0 Å². The molecule has 4 heteroatoms. The van der Waals surface area contributed by atoms with Gasteiger partial charge < -0.3 is 4.74 Å². The molecule has 126 valence electrons. The molecule has 4 aromatic rings. The van der Waals surface area contributed by atoms with Gasteiger partial charge in [-0.2, -0.15) is 0 Å². The molecule has 3 nitrogen and oxygen atoms in total. The van der Waals surface area contributed by atoms with Gasteiger partial charge in [0.25, 0.3) is 0 Å². The van der Waals surface area contributed by atoms with Crippen molar-refractivity contribution in [3.05, 3.63) is 77.6 Å². The number of rotatable bonds is 3. The maximum atomic E-state index is 6.31. The first-order chi connectivity index (χ1) is 12.7. The number of halogens is 1. The van der Waals surface area contributed by atoms with Gasteiger partial charge in [-0.15, -0.1) is 6.42 Å². The number of aromatic nitrogens is 2. The van der Waals surface area contributed by atoms with E-state index in [2.05, 4.69) is 35.2 Å². The fourth-order valence-corrected chi connectivity index (χ4v) is 3.29. The van der Waals surface area contributed by atoms with Gasteiger partial charge in [0.15, 0.2) is 5.82 Å². The molecule has 0 bridgehead atoms. The average Bonchev–Trinajstić information content (AvgIpc) is 3.06. The Kier molecular flexibility index (Phi) is 4.12. The number of hydrogen-bond acceptors (Lipinski definition) is 2. The highest BCUT2D eigenvalue weighted by Gasteiger charge is 2.13. The van der Waals surface area contributed by atoms with Crippen LogP contribution in [0.15, 0.2) is 66.7 Å². The SMILES string of the molecule is C#Cc1nc2ccc(-c3ccccc3)cc2n1-c1ccc(OC)c(Cl)c1. The summed E-state index contributed by atoms with van der Waals surface area (Å²) in [7, 11) is 1.59. The summed E-state index contributed by atoms with van der Waals surface area (Å²) >= 11 is 6.31. The van der Waals surface area contributed by atoms with Crippen molar-refractivity contribution in [1.29, 1.82) is 0 Å². The number of methoxy groups -OCH3 is 1. The standard InChI is InChI=1S/C22H15ClN2O/c1-3-22-24-19-11-9-16(15-7-5-4-6-8-15)13-20(19)25(22)17-10-12-21(26-2)18(23)14-17/h1,4-14H,2H3. The molecule has 0 spiro atoms. The summed E-state index contributed by atoms with van der Waals surface area (Å²) in [5.74, 6) is 3.82. The highest BCUT2D eigenvalue weighted by atomic mass is 35.5. The van der Waals surface area contributed by atoms with Gasteiger partial charge in [0, 0.05) is 0 Å². The minimum absolute atomic E-state index is 0.522. The van der Waals surface area contributed by atoms with Crippen molar-refractivity contribution in [1.82, 2.24) is 9.55 Å². The summed E-state index contributed by atoms with van der Waals surface area (Å²) < 4.78 is 7.18. The largest absolute Gasteiger partial charge is 0.495 e. The smallest absolute Gasteiger partial charge is 0.190 e. The fraction of sp³-hybridized carbons (Fsp3) is 0.0455. The lowest BCUT2D eigenvalue weighted by molar-refractivity contribution is 0.415. The zero-order chi connectivity index (χ0) is 18.1.